The van der Waals surface area contributed by atoms with Crippen LogP contribution in [-0.4, -0.2) is 93.4 Å². The Labute approximate surface area is 703 Å². The Hall–Kier alpha value is -12.2. The molecule has 2 aliphatic heterocycles. The Kier molecular flexibility index (Phi) is 29.2. The van der Waals surface area contributed by atoms with Crippen LogP contribution in [0.3, 0.4) is 0 Å². The van der Waals surface area contributed by atoms with E-state index in [1.54, 1.807) is 111 Å². The van der Waals surface area contributed by atoms with Gasteiger partial charge < -0.3 is 19.5 Å². The first-order valence-corrected chi connectivity index (χ1v) is 44.6. The average molecular weight is 1680 g/mol. The molecule has 4 amide bonds. The standard InChI is InChI=1S/C32H28N2O5S.C24H23NO2S.C21H20O3S.C19H17NO4S2/c1-39-23-16-12-21(13-17-23)22-14-18-24(19-15-22)40-29-11-5-4-7-25(29)26(30(35)33-38)10-6-20-34-31(36)27-8-2-3-9-28(27)32(34)37;1-27-19-12-8-17(9-13-19)18-10-14-20(15-11-18)28-23-7-3-2-5-21(23)22-6-4-16-25-24(22)26;1-3-16-6-4-5-7-21(16)25(22,23)20-14-10-18(11-15-20)17-8-12-19(24-2)13-9-17;20-25(21,22)14-17-8-4-5-9-19(17)26(23,24)18-12-10-16(11-13-18)15-6-2-1-3-7-15/h2-5,7-9,11-19,26,38H,6,10,20H2,1H3,(H,33,35);2-3,5,7-15,22H,4,6,16H2,1H3,(H,25,26);4-15H,3H2,1-2H3;1-13H,14H2,(H2,20,21,22). The van der Waals surface area contributed by atoms with Crippen molar-refractivity contribution in [3.63, 3.8) is 0 Å². The highest BCUT2D eigenvalue weighted by Gasteiger charge is 2.36. The zero-order chi connectivity index (χ0) is 84.1. The molecule has 1 fully saturated rings. The lowest BCUT2D eigenvalue weighted by molar-refractivity contribution is -0.131. The molecular weight excluding hydrogens is 1590 g/mol. The molecule has 13 aromatic rings. The molecule has 0 saturated carbocycles. The van der Waals surface area contributed by atoms with Gasteiger partial charge >= 0.3 is 0 Å². The minimum atomic E-state index is -3.86. The molecule has 2 heterocycles. The number of hydrogen-bond donors (Lipinski definition) is 4. The Morgan fingerprint density at radius 1 is 0.471 bits per heavy atom. The number of nitrogens with zero attached hydrogens (tertiary/aromatic N) is 1. The topological polar surface area (TPSA) is 272 Å². The summed E-state index contributed by atoms with van der Waals surface area (Å²) in [5.41, 5.74) is 13.8. The third kappa shape index (κ3) is 21.8. The van der Waals surface area contributed by atoms with Gasteiger partial charge in [-0.15, -0.1) is 0 Å². The average Bonchev–Trinajstić information content (AvgIpc) is 1.57. The number of aryl methyl sites for hydroxylation is 1. The van der Waals surface area contributed by atoms with Crippen molar-refractivity contribution in [1.29, 1.82) is 0 Å². The first kappa shape index (κ1) is 86.2. The second-order valence-electron chi connectivity index (χ2n) is 27.8. The van der Waals surface area contributed by atoms with E-state index in [9.17, 15) is 49.6 Å². The van der Waals surface area contributed by atoms with E-state index in [2.05, 4.69) is 53.8 Å². The summed E-state index contributed by atoms with van der Waals surface area (Å²) in [4.78, 5) is 56.7. The second kappa shape index (κ2) is 40.3. The number of ether oxygens (including phenoxy) is 3. The molecule has 23 heteroatoms. The van der Waals surface area contributed by atoms with Crippen molar-refractivity contribution in [2.24, 2.45) is 5.14 Å². The van der Waals surface area contributed by atoms with Crippen LogP contribution < -0.4 is 30.1 Å². The van der Waals surface area contributed by atoms with E-state index < -0.39 is 47.3 Å². The van der Waals surface area contributed by atoms with Crippen LogP contribution >= 0.6 is 23.5 Å². The molecule has 606 valence electrons. The first-order chi connectivity index (χ1) is 57.6. The van der Waals surface area contributed by atoms with Gasteiger partial charge in [-0.3, -0.25) is 29.3 Å². The highest BCUT2D eigenvalue weighted by atomic mass is 32.2. The van der Waals surface area contributed by atoms with Gasteiger partial charge in [-0.1, -0.05) is 231 Å². The zero-order valence-corrected chi connectivity index (χ0v) is 69.8. The third-order valence-electron chi connectivity index (χ3n) is 20.2. The molecule has 2 aliphatic rings. The summed E-state index contributed by atoms with van der Waals surface area (Å²) in [5, 5.41) is 17.6. The zero-order valence-electron chi connectivity index (χ0n) is 65.7. The maximum atomic E-state index is 13.0. The minimum Gasteiger partial charge on any atom is -0.497 e. The molecule has 2 unspecified atom stereocenters. The minimum absolute atomic E-state index is 0.0453. The summed E-state index contributed by atoms with van der Waals surface area (Å²) in [6.45, 7) is 2.93. The molecule has 1 saturated heterocycles. The summed E-state index contributed by atoms with van der Waals surface area (Å²) in [5.74, 6) is 0.175. The fourth-order valence-corrected chi connectivity index (χ4v) is 19.8. The van der Waals surface area contributed by atoms with Crippen LogP contribution in [0, 0.1) is 0 Å². The largest absolute Gasteiger partial charge is 0.497 e. The fourth-order valence-electron chi connectivity index (χ4n) is 13.9. The van der Waals surface area contributed by atoms with E-state index in [4.69, 9.17) is 19.3 Å². The quantitative estimate of drug-likeness (QED) is 0.0235. The molecule has 18 nitrogen and oxygen atoms in total. The van der Waals surface area contributed by atoms with Crippen LogP contribution in [0.1, 0.15) is 87.4 Å². The molecule has 119 heavy (non-hydrogen) atoms. The van der Waals surface area contributed by atoms with Gasteiger partial charge in [0, 0.05) is 32.7 Å². The van der Waals surface area contributed by atoms with Crippen molar-refractivity contribution in [1.82, 2.24) is 15.7 Å². The summed E-state index contributed by atoms with van der Waals surface area (Å²) in [6.07, 6.45) is 3.37. The first-order valence-electron chi connectivity index (χ1n) is 38.3. The number of carbonyl (C=O) groups excluding carboxylic acids is 4. The lowest BCUT2D eigenvalue weighted by Gasteiger charge is -2.24. The number of piperidine rings is 1. The van der Waals surface area contributed by atoms with Gasteiger partial charge in [0.25, 0.3) is 17.7 Å². The van der Waals surface area contributed by atoms with Gasteiger partial charge in [-0.25, -0.2) is 35.9 Å². The number of amides is 4. The maximum Gasteiger partial charge on any atom is 0.261 e. The number of nitrogens with two attached hydrogens (primary N) is 1. The summed E-state index contributed by atoms with van der Waals surface area (Å²) in [7, 11) is -6.28. The monoisotopic (exact) mass is 1680 g/mol. The van der Waals surface area contributed by atoms with Gasteiger partial charge in [-0.05, 0) is 220 Å². The number of sulfonamides is 1. The summed E-state index contributed by atoms with van der Waals surface area (Å²) < 4.78 is 90.2. The van der Waals surface area contributed by atoms with E-state index in [1.165, 1.54) is 51.4 Å². The van der Waals surface area contributed by atoms with Crippen molar-refractivity contribution in [2.75, 3.05) is 34.4 Å². The molecule has 0 bridgehead atoms. The van der Waals surface area contributed by atoms with Gasteiger partial charge in [0.2, 0.25) is 35.6 Å². The lowest BCUT2D eigenvalue weighted by atomic mass is 9.91. The summed E-state index contributed by atoms with van der Waals surface area (Å²) >= 11 is 3.25. The number of methoxy groups -OCH3 is 3. The summed E-state index contributed by atoms with van der Waals surface area (Å²) in [6, 6.07) is 99.2. The van der Waals surface area contributed by atoms with Crippen molar-refractivity contribution >= 4 is 76.9 Å². The van der Waals surface area contributed by atoms with Crippen LogP contribution in [0.25, 0.3) is 44.5 Å². The smallest absolute Gasteiger partial charge is 0.261 e. The number of fused-ring (bicyclic) bond motifs is 1. The van der Waals surface area contributed by atoms with Gasteiger partial charge in [0.15, 0.2) is 0 Å². The molecule has 0 spiro atoms. The molecule has 5 N–H and O–H groups in total. The van der Waals surface area contributed by atoms with Crippen molar-refractivity contribution in [2.45, 2.75) is 95.8 Å². The molecule has 15 rings (SSSR count). The van der Waals surface area contributed by atoms with Crippen molar-refractivity contribution in [3.05, 3.63) is 355 Å². The predicted octanol–water partition coefficient (Wildman–Crippen LogP) is 19.4. The normalized spacial score (nSPS) is 13.3. The van der Waals surface area contributed by atoms with Crippen LogP contribution in [-0.2, 0) is 51.5 Å². The Morgan fingerprint density at radius 3 is 1.29 bits per heavy atom. The van der Waals surface area contributed by atoms with Crippen molar-refractivity contribution < 1.29 is 63.8 Å². The number of sulfone groups is 2. The Bertz CT molecular complexity index is 6010. The predicted molar refractivity (Wildman–Crippen MR) is 467 cm³/mol. The number of hydrogen-bond acceptors (Lipinski definition) is 16. The SMILES string of the molecule is CCc1ccccc1S(=O)(=O)c1ccc(-c2ccc(OC)cc2)cc1.COc1ccc(-c2ccc(Sc3ccccc3C(CCCN3C(=O)c4ccccc4C3=O)C(=O)NO)cc2)cc1.COc1ccc(-c2ccc(Sc3ccccc3C3CCCNC3=O)cc2)cc1.NS(=O)(=O)Cc1ccccc1S(=O)(=O)c1ccc(-c2ccccc2)cc1. The number of imide groups is 1. The molecule has 0 aliphatic carbocycles. The number of benzene rings is 13. The molecule has 0 aromatic heterocycles. The second-order valence-corrected chi connectivity index (χ2v) is 35.5. The number of primary sulfonamides is 1. The van der Waals surface area contributed by atoms with E-state index in [0.29, 0.717) is 40.2 Å². The van der Waals surface area contributed by atoms with E-state index >= 15 is 0 Å². The van der Waals surface area contributed by atoms with Gasteiger partial charge in [0.05, 0.1) is 69.6 Å². The highest BCUT2D eigenvalue weighted by Crippen LogP contribution is 2.41. The third-order valence-corrected chi connectivity index (χ3v) is 26.8. The number of carbonyl (C=O) groups is 4. The van der Waals surface area contributed by atoms with Crippen LogP contribution in [0.5, 0.6) is 17.2 Å². The number of rotatable bonds is 25. The molecule has 13 aromatic carbocycles. The Balaban J connectivity index is 0.000000149. The van der Waals surface area contributed by atoms with Crippen LogP contribution in [0.4, 0.5) is 0 Å². The Morgan fingerprint density at radius 2 is 0.849 bits per heavy atom. The fraction of sp³-hybridized carbons (Fsp3) is 0.146. The molecule has 0 radical (unpaired) electrons. The van der Waals surface area contributed by atoms with E-state index in [0.717, 1.165) is 107 Å². The molecule has 2 atom stereocenters. The number of hydroxylamine groups is 1. The van der Waals surface area contributed by atoms with E-state index in [1.807, 2.05) is 183 Å². The molecular formula is C96H88N4O14S5. The van der Waals surface area contributed by atoms with Crippen LogP contribution in [0.2, 0.25) is 0 Å². The van der Waals surface area contributed by atoms with E-state index in [-0.39, 0.29) is 45.5 Å². The van der Waals surface area contributed by atoms with Gasteiger partial charge in [0.1, 0.15) is 17.2 Å². The number of nitrogens with one attached hydrogen (secondary N) is 2. The lowest BCUT2D eigenvalue weighted by Crippen LogP contribution is -2.35. The maximum absolute atomic E-state index is 13.0. The highest BCUT2D eigenvalue weighted by molar-refractivity contribution is 7.99. The van der Waals surface area contributed by atoms with Gasteiger partial charge in [-0.2, -0.15) is 0 Å². The van der Waals surface area contributed by atoms with Crippen LogP contribution in [0.15, 0.2) is 361 Å². The van der Waals surface area contributed by atoms with Crippen molar-refractivity contribution in [3.8, 4) is 61.8 Å².